The number of carbonyl (C=O) groups excluding carboxylic acids is 4. The highest BCUT2D eigenvalue weighted by molar-refractivity contribution is 6.37. The van der Waals surface area contributed by atoms with Gasteiger partial charge >= 0.3 is 0 Å². The van der Waals surface area contributed by atoms with Crippen LogP contribution < -0.4 is 4.90 Å². The number of anilines is 1. The number of fused-ring (bicyclic) bond motifs is 3. The van der Waals surface area contributed by atoms with Crippen molar-refractivity contribution >= 4 is 52.3 Å². The normalized spacial score (nSPS) is 24.4. The topological polar surface area (TPSA) is 80.8 Å². The molecular weight excluding hydrogens is 489 g/mol. The van der Waals surface area contributed by atoms with Gasteiger partial charge in [-0.2, -0.15) is 0 Å². The number of carbonyl (C=O) groups is 4. The minimum atomic E-state index is -2.14. The Balaban J connectivity index is 1.56. The summed E-state index contributed by atoms with van der Waals surface area (Å²) in [6, 6.07) is 17.9. The molecule has 3 aromatic rings. The Morgan fingerprint density at radius 3 is 2.06 bits per heavy atom. The molecular formula is C27H17Cl2NO5. The summed E-state index contributed by atoms with van der Waals surface area (Å²) in [6.07, 6.45) is -1.10. The molecule has 0 aromatic heterocycles. The van der Waals surface area contributed by atoms with E-state index in [4.69, 9.17) is 27.9 Å². The molecule has 0 bridgehead atoms. The van der Waals surface area contributed by atoms with Gasteiger partial charge < -0.3 is 4.74 Å². The lowest BCUT2D eigenvalue weighted by atomic mass is 9.77. The summed E-state index contributed by atoms with van der Waals surface area (Å²) in [5.74, 6) is -4.88. The van der Waals surface area contributed by atoms with E-state index >= 15 is 0 Å². The van der Waals surface area contributed by atoms with Gasteiger partial charge in [0.25, 0.3) is 0 Å². The second-order valence-corrected chi connectivity index (χ2v) is 9.84. The number of imide groups is 1. The summed E-state index contributed by atoms with van der Waals surface area (Å²) in [4.78, 5) is 56.2. The Morgan fingerprint density at radius 2 is 1.46 bits per heavy atom. The highest BCUT2D eigenvalue weighted by Gasteiger charge is 2.74. The standard InChI is InChI=1S/C27H17Cl2NO5/c1-13-6-9-15(10-7-13)30-25(33)20-21(26(30)34)27(23(31)16-4-2-3-5-17(16)24(27)32)35-22(20)18-11-8-14(28)12-19(18)29/h2-12,20-22H,1H3/t20-,21-,22-/m1/s1. The fraction of sp³-hybridized carbons (Fsp3) is 0.185. The molecule has 2 heterocycles. The molecule has 3 aromatic carbocycles. The van der Waals surface area contributed by atoms with Gasteiger partial charge in [0.15, 0.2) is 0 Å². The van der Waals surface area contributed by atoms with Crippen LogP contribution in [0.4, 0.5) is 5.69 Å². The van der Waals surface area contributed by atoms with Crippen LogP contribution in [0.3, 0.4) is 0 Å². The summed E-state index contributed by atoms with van der Waals surface area (Å²) in [5.41, 5.74) is -0.0942. The van der Waals surface area contributed by atoms with Crippen LogP contribution in [-0.2, 0) is 14.3 Å². The largest absolute Gasteiger partial charge is 0.349 e. The van der Waals surface area contributed by atoms with Crippen molar-refractivity contribution in [3.63, 3.8) is 0 Å². The molecule has 0 unspecified atom stereocenters. The summed E-state index contributed by atoms with van der Waals surface area (Å²) in [7, 11) is 0. The third kappa shape index (κ3) is 2.88. The van der Waals surface area contributed by atoms with E-state index in [2.05, 4.69) is 0 Å². The van der Waals surface area contributed by atoms with E-state index in [0.717, 1.165) is 10.5 Å². The van der Waals surface area contributed by atoms with E-state index in [9.17, 15) is 19.2 Å². The number of hydrogen-bond donors (Lipinski definition) is 0. The Bertz CT molecular complexity index is 1430. The zero-order chi connectivity index (χ0) is 24.6. The van der Waals surface area contributed by atoms with Crippen molar-refractivity contribution in [2.24, 2.45) is 11.8 Å². The molecule has 1 spiro atoms. The summed E-state index contributed by atoms with van der Waals surface area (Å²) in [6.45, 7) is 1.89. The zero-order valence-corrected chi connectivity index (χ0v) is 19.8. The molecule has 0 N–H and O–H groups in total. The Hall–Kier alpha value is -3.32. The lowest BCUT2D eigenvalue weighted by Crippen LogP contribution is -2.51. The van der Waals surface area contributed by atoms with Crippen molar-refractivity contribution < 1.29 is 23.9 Å². The van der Waals surface area contributed by atoms with Gasteiger partial charge in [-0.05, 0) is 31.2 Å². The van der Waals surface area contributed by atoms with Gasteiger partial charge in [0.2, 0.25) is 29.0 Å². The first kappa shape index (κ1) is 22.2. The first-order valence-corrected chi connectivity index (χ1v) is 11.8. The Labute approximate surface area is 210 Å². The maximum Gasteiger partial charge on any atom is 0.241 e. The molecule has 8 heteroatoms. The number of rotatable bonds is 2. The highest BCUT2D eigenvalue weighted by Crippen LogP contribution is 2.58. The molecule has 174 valence electrons. The van der Waals surface area contributed by atoms with Crippen molar-refractivity contribution in [1.82, 2.24) is 0 Å². The summed E-state index contributed by atoms with van der Waals surface area (Å²) < 4.78 is 6.24. The molecule has 0 saturated carbocycles. The monoisotopic (exact) mass is 505 g/mol. The van der Waals surface area contributed by atoms with Gasteiger partial charge in [-0.15, -0.1) is 0 Å². The van der Waals surface area contributed by atoms with Crippen molar-refractivity contribution in [3.05, 3.63) is 99.0 Å². The molecule has 3 aliphatic rings. The van der Waals surface area contributed by atoms with Gasteiger partial charge in [0, 0.05) is 26.7 Å². The smallest absolute Gasteiger partial charge is 0.241 e. The van der Waals surface area contributed by atoms with Crippen molar-refractivity contribution in [3.8, 4) is 0 Å². The van der Waals surface area contributed by atoms with E-state index in [0.29, 0.717) is 16.3 Å². The van der Waals surface area contributed by atoms with Crippen molar-refractivity contribution in [2.75, 3.05) is 4.90 Å². The molecule has 1 aliphatic carbocycles. The van der Waals surface area contributed by atoms with Gasteiger partial charge in [-0.1, -0.05) is 71.2 Å². The molecule has 2 fully saturated rings. The van der Waals surface area contributed by atoms with E-state index in [-0.39, 0.29) is 16.1 Å². The minimum Gasteiger partial charge on any atom is -0.349 e. The zero-order valence-electron chi connectivity index (χ0n) is 18.3. The first-order valence-electron chi connectivity index (χ1n) is 11.0. The number of ether oxygens (including phenoxy) is 1. The van der Waals surface area contributed by atoms with Gasteiger partial charge in [0.05, 0.1) is 23.6 Å². The molecule has 2 saturated heterocycles. The van der Waals surface area contributed by atoms with E-state index < -0.39 is 46.9 Å². The van der Waals surface area contributed by atoms with E-state index in [1.54, 1.807) is 48.5 Å². The third-order valence-electron chi connectivity index (χ3n) is 7.08. The number of nitrogens with zero attached hydrogens (tertiary/aromatic N) is 1. The number of benzene rings is 3. The predicted octanol–water partition coefficient (Wildman–Crippen LogP) is 5.00. The second kappa shape index (κ2) is 7.59. The molecule has 3 atom stereocenters. The van der Waals surface area contributed by atoms with Gasteiger partial charge in [-0.25, -0.2) is 4.90 Å². The second-order valence-electron chi connectivity index (χ2n) is 8.99. The maximum absolute atomic E-state index is 13.9. The first-order chi connectivity index (χ1) is 16.8. The Kier molecular flexibility index (Phi) is 4.81. The predicted molar refractivity (Wildman–Crippen MR) is 129 cm³/mol. The third-order valence-corrected chi connectivity index (χ3v) is 7.64. The lowest BCUT2D eigenvalue weighted by molar-refractivity contribution is -0.127. The van der Waals surface area contributed by atoms with E-state index in [1.807, 2.05) is 6.92 Å². The average Bonchev–Trinajstić information content (AvgIpc) is 3.40. The van der Waals surface area contributed by atoms with E-state index in [1.165, 1.54) is 18.2 Å². The van der Waals surface area contributed by atoms with Crippen LogP contribution in [0.1, 0.15) is 37.9 Å². The number of halogens is 2. The molecule has 0 radical (unpaired) electrons. The van der Waals surface area contributed by atoms with Crippen molar-refractivity contribution in [1.29, 1.82) is 0 Å². The fourth-order valence-corrected chi connectivity index (χ4v) is 6.00. The van der Waals surface area contributed by atoms with Crippen LogP contribution in [0.2, 0.25) is 10.0 Å². The number of Topliss-reactive ketones (excluding diaryl/α,β-unsaturated/α-hetero) is 2. The Morgan fingerprint density at radius 1 is 0.829 bits per heavy atom. The molecule has 6 nitrogen and oxygen atoms in total. The van der Waals surface area contributed by atoms with Crippen LogP contribution in [-0.4, -0.2) is 29.0 Å². The number of ketones is 2. The summed E-state index contributed by atoms with van der Waals surface area (Å²) in [5, 5.41) is 0.585. The van der Waals surface area contributed by atoms with Crippen LogP contribution in [0, 0.1) is 18.8 Å². The molecule has 35 heavy (non-hydrogen) atoms. The number of hydrogen-bond acceptors (Lipinski definition) is 5. The minimum absolute atomic E-state index is 0.174. The van der Waals surface area contributed by atoms with Crippen LogP contribution in [0.15, 0.2) is 66.7 Å². The van der Waals surface area contributed by atoms with Crippen LogP contribution >= 0.6 is 23.2 Å². The van der Waals surface area contributed by atoms with Gasteiger partial charge in [-0.3, -0.25) is 19.2 Å². The molecule has 2 aliphatic heterocycles. The molecule has 6 rings (SSSR count). The average molecular weight is 506 g/mol. The fourth-order valence-electron chi connectivity index (χ4n) is 5.48. The number of aryl methyl sites for hydroxylation is 1. The molecule has 2 amide bonds. The highest BCUT2D eigenvalue weighted by atomic mass is 35.5. The summed E-state index contributed by atoms with van der Waals surface area (Å²) >= 11 is 12.5. The van der Waals surface area contributed by atoms with Crippen LogP contribution in [0.25, 0.3) is 0 Å². The number of amides is 2. The lowest BCUT2D eigenvalue weighted by Gasteiger charge is -2.27. The van der Waals surface area contributed by atoms with Crippen molar-refractivity contribution in [2.45, 2.75) is 18.6 Å². The maximum atomic E-state index is 13.9. The van der Waals surface area contributed by atoms with Crippen LogP contribution in [0.5, 0.6) is 0 Å². The SMILES string of the molecule is Cc1ccc(N2C(=O)[C@H]3[C@@H](c4ccc(Cl)cc4Cl)OC4(C(=O)c5ccccc5C4=O)[C@H]3C2=O)cc1. The van der Waals surface area contributed by atoms with Gasteiger partial charge in [0.1, 0.15) is 0 Å². The quantitative estimate of drug-likeness (QED) is 0.361.